The number of methoxy groups -OCH3 is 2. The second-order valence-corrected chi connectivity index (χ2v) is 4.93. The number of hydrogen-bond donors (Lipinski definition) is 0. The van der Waals surface area contributed by atoms with Crippen LogP contribution in [0.1, 0.15) is 27.0 Å². The number of carbonyl (C=O) groups is 2. The van der Waals surface area contributed by atoms with Gasteiger partial charge in [0.15, 0.2) is 6.79 Å². The summed E-state index contributed by atoms with van der Waals surface area (Å²) in [5.41, 5.74) is 2.36. The molecular formula is C16H20O7. The molecule has 7 nitrogen and oxygen atoms in total. The minimum Gasteiger partial charge on any atom is -0.496 e. The summed E-state index contributed by atoms with van der Waals surface area (Å²) in [5.74, 6) is 0.348. The molecule has 0 N–H and O–H groups in total. The molecule has 1 aliphatic heterocycles. The van der Waals surface area contributed by atoms with E-state index in [1.54, 1.807) is 7.11 Å². The van der Waals surface area contributed by atoms with Gasteiger partial charge >= 0.3 is 5.97 Å². The van der Waals surface area contributed by atoms with E-state index in [1.807, 2.05) is 6.92 Å². The fourth-order valence-corrected chi connectivity index (χ4v) is 2.55. The summed E-state index contributed by atoms with van der Waals surface area (Å²) in [6, 6.07) is 0. The highest BCUT2D eigenvalue weighted by Crippen LogP contribution is 2.42. The summed E-state index contributed by atoms with van der Waals surface area (Å²) >= 11 is 0. The Morgan fingerprint density at radius 1 is 1.22 bits per heavy atom. The highest BCUT2D eigenvalue weighted by molar-refractivity contribution is 5.98. The Kier molecular flexibility index (Phi) is 5.95. The maximum atomic E-state index is 12.0. The van der Waals surface area contributed by atoms with E-state index in [0.717, 1.165) is 11.8 Å². The maximum Gasteiger partial charge on any atom is 0.342 e. The van der Waals surface area contributed by atoms with Crippen LogP contribution < -0.4 is 9.47 Å². The summed E-state index contributed by atoms with van der Waals surface area (Å²) in [4.78, 5) is 23.1. The van der Waals surface area contributed by atoms with Gasteiger partial charge in [-0.25, -0.2) is 4.79 Å². The van der Waals surface area contributed by atoms with Gasteiger partial charge in [0.05, 0.1) is 20.3 Å². The molecule has 0 fully saturated rings. The van der Waals surface area contributed by atoms with Crippen LogP contribution in [-0.4, -0.2) is 46.5 Å². The Hall–Kier alpha value is -2.12. The minimum absolute atomic E-state index is 0.0674. The molecule has 1 aromatic carbocycles. The van der Waals surface area contributed by atoms with Crippen LogP contribution in [0.2, 0.25) is 0 Å². The van der Waals surface area contributed by atoms with Crippen molar-refractivity contribution in [1.82, 2.24) is 0 Å². The summed E-state index contributed by atoms with van der Waals surface area (Å²) in [6.45, 7) is 2.71. The Labute approximate surface area is 134 Å². The van der Waals surface area contributed by atoms with Crippen LogP contribution in [0.4, 0.5) is 0 Å². The third-order valence-corrected chi connectivity index (χ3v) is 3.63. The Morgan fingerprint density at radius 2 is 2.00 bits per heavy atom. The largest absolute Gasteiger partial charge is 0.496 e. The zero-order valence-corrected chi connectivity index (χ0v) is 13.5. The first kappa shape index (κ1) is 17.2. The van der Waals surface area contributed by atoms with E-state index >= 15 is 0 Å². The van der Waals surface area contributed by atoms with E-state index < -0.39 is 5.97 Å². The molecule has 1 aromatic rings. The van der Waals surface area contributed by atoms with Crippen LogP contribution in [0, 0.1) is 6.92 Å². The van der Waals surface area contributed by atoms with Crippen molar-refractivity contribution in [2.45, 2.75) is 20.0 Å². The molecule has 0 radical (unpaired) electrons. The van der Waals surface area contributed by atoms with Gasteiger partial charge < -0.3 is 28.5 Å². The first-order valence-electron chi connectivity index (χ1n) is 7.18. The molecule has 0 saturated heterocycles. The van der Waals surface area contributed by atoms with Crippen molar-refractivity contribution >= 4 is 12.3 Å². The fourth-order valence-electron chi connectivity index (χ4n) is 2.55. The first-order chi connectivity index (χ1) is 11.2. The van der Waals surface area contributed by atoms with E-state index in [2.05, 4.69) is 0 Å². The third kappa shape index (κ3) is 3.46. The fraction of sp³-hybridized carbons (Fsp3) is 0.500. The quantitative estimate of drug-likeness (QED) is 0.294. The molecule has 0 spiro atoms. The number of rotatable bonds is 9. The van der Waals surface area contributed by atoms with Crippen molar-refractivity contribution in [2.75, 3.05) is 34.2 Å². The number of carbonyl (C=O) groups excluding carboxylic acids is 2. The molecule has 7 heteroatoms. The van der Waals surface area contributed by atoms with E-state index in [-0.39, 0.29) is 25.6 Å². The smallest absolute Gasteiger partial charge is 0.342 e. The van der Waals surface area contributed by atoms with Gasteiger partial charge in [-0.3, -0.25) is 0 Å². The molecule has 23 heavy (non-hydrogen) atoms. The topological polar surface area (TPSA) is 80.3 Å². The van der Waals surface area contributed by atoms with Crippen LogP contribution in [0.15, 0.2) is 0 Å². The number of hydrogen-bond acceptors (Lipinski definition) is 7. The van der Waals surface area contributed by atoms with Crippen LogP contribution in [0.3, 0.4) is 0 Å². The number of benzene rings is 1. The average molecular weight is 324 g/mol. The van der Waals surface area contributed by atoms with Gasteiger partial charge in [0.25, 0.3) is 0 Å². The van der Waals surface area contributed by atoms with Gasteiger partial charge in [-0.05, 0) is 12.5 Å². The predicted octanol–water partition coefficient (Wildman–Crippen LogP) is 1.41. The first-order valence-corrected chi connectivity index (χ1v) is 7.18. The van der Waals surface area contributed by atoms with Crippen molar-refractivity contribution < 1.29 is 33.3 Å². The molecule has 1 aliphatic rings. The van der Waals surface area contributed by atoms with Crippen molar-refractivity contribution in [1.29, 1.82) is 0 Å². The summed E-state index contributed by atoms with van der Waals surface area (Å²) in [7, 11) is 3.08. The molecule has 1 heterocycles. The molecule has 0 aliphatic carbocycles. The van der Waals surface area contributed by atoms with Gasteiger partial charge in [-0.1, -0.05) is 0 Å². The molecule has 0 saturated carbocycles. The lowest BCUT2D eigenvalue weighted by Crippen LogP contribution is -2.13. The lowest BCUT2D eigenvalue weighted by molar-refractivity contribution is -0.107. The number of ether oxygens (including phenoxy) is 5. The minimum atomic E-state index is -0.468. The highest BCUT2D eigenvalue weighted by Gasteiger charge is 2.33. The van der Waals surface area contributed by atoms with Gasteiger partial charge in [0.2, 0.25) is 0 Å². The maximum absolute atomic E-state index is 12.0. The second-order valence-electron chi connectivity index (χ2n) is 4.93. The molecule has 0 bridgehead atoms. The number of aldehydes is 1. The van der Waals surface area contributed by atoms with Gasteiger partial charge in [-0.15, -0.1) is 0 Å². The zero-order valence-electron chi connectivity index (χ0n) is 13.5. The van der Waals surface area contributed by atoms with E-state index in [1.165, 1.54) is 7.11 Å². The van der Waals surface area contributed by atoms with Crippen LogP contribution in [-0.2, 0) is 32.0 Å². The molecule has 2 rings (SSSR count). The zero-order chi connectivity index (χ0) is 16.8. The molecule has 0 unspecified atom stereocenters. The third-order valence-electron chi connectivity index (χ3n) is 3.63. The van der Waals surface area contributed by atoms with E-state index in [0.29, 0.717) is 35.7 Å². The molecule has 0 atom stereocenters. The second kappa shape index (κ2) is 7.94. The molecular weight excluding hydrogens is 304 g/mol. The van der Waals surface area contributed by atoms with E-state index in [4.69, 9.17) is 23.7 Å². The van der Waals surface area contributed by atoms with Crippen molar-refractivity contribution in [2.24, 2.45) is 0 Å². The van der Waals surface area contributed by atoms with Gasteiger partial charge in [0.1, 0.15) is 30.0 Å². The predicted molar refractivity (Wildman–Crippen MR) is 79.9 cm³/mol. The Balaban J connectivity index is 2.38. The van der Waals surface area contributed by atoms with Gasteiger partial charge in [0, 0.05) is 24.7 Å². The van der Waals surface area contributed by atoms with Crippen molar-refractivity contribution in [3.63, 3.8) is 0 Å². The van der Waals surface area contributed by atoms with Crippen LogP contribution in [0.25, 0.3) is 0 Å². The number of cyclic esters (lactones) is 1. The van der Waals surface area contributed by atoms with Crippen molar-refractivity contribution in [3.8, 4) is 11.5 Å². The van der Waals surface area contributed by atoms with Crippen LogP contribution in [0.5, 0.6) is 11.5 Å². The Morgan fingerprint density at radius 3 is 2.65 bits per heavy atom. The van der Waals surface area contributed by atoms with Crippen LogP contribution >= 0.6 is 0 Å². The standard InChI is InChI=1S/C16H20O7/c1-10-12-8-22-16(18)13(12)15(23-9-21-7-6-19-2)11(4-5-17)14(10)20-3/h5H,4,6-9H2,1-3H3. The lowest BCUT2D eigenvalue weighted by Gasteiger charge is -2.18. The van der Waals surface area contributed by atoms with Crippen molar-refractivity contribution in [3.05, 3.63) is 22.3 Å². The Bertz CT molecular complexity index is 595. The number of esters is 1. The number of fused-ring (bicyclic) bond motifs is 1. The lowest BCUT2D eigenvalue weighted by atomic mass is 9.95. The highest BCUT2D eigenvalue weighted by atomic mass is 16.7. The summed E-state index contributed by atoms with van der Waals surface area (Å²) in [5, 5.41) is 0. The van der Waals surface area contributed by atoms with E-state index in [9.17, 15) is 9.59 Å². The summed E-state index contributed by atoms with van der Waals surface area (Å²) < 4.78 is 26.3. The average Bonchev–Trinajstić information content (AvgIpc) is 2.92. The summed E-state index contributed by atoms with van der Waals surface area (Å²) in [6.07, 6.45) is 0.806. The van der Waals surface area contributed by atoms with Gasteiger partial charge in [-0.2, -0.15) is 0 Å². The normalized spacial score (nSPS) is 12.7. The molecule has 0 amide bonds. The monoisotopic (exact) mass is 324 g/mol. The SMILES string of the molecule is COCCOCOc1c(CC=O)c(OC)c(C)c2c1C(=O)OC2. The molecule has 0 aromatic heterocycles. The molecule has 126 valence electrons.